The molecule has 2 nitrogen and oxygen atoms in total. The van der Waals surface area contributed by atoms with Crippen LogP contribution in [-0.2, 0) is 0 Å². The molecule has 0 radical (unpaired) electrons. The Labute approximate surface area is 65.4 Å². The molecule has 0 amide bonds. The topological polar surface area (TPSA) is 40.5 Å². The second kappa shape index (κ2) is 6.61. The van der Waals surface area contributed by atoms with E-state index in [1.165, 1.54) is 0 Å². The van der Waals surface area contributed by atoms with Gasteiger partial charge in [0.05, 0.1) is 0 Å². The average Bonchev–Trinajstić information content (AvgIpc) is 1.91. The molecule has 54 valence electrons. The Hall–Kier alpha value is -0.505. The van der Waals surface area contributed by atoms with Gasteiger partial charge in [-0.3, -0.25) is 0 Å². The molecule has 0 aliphatic heterocycles. The fourth-order valence-corrected chi connectivity index (χ4v) is 0.560. The molecule has 4 heteroatoms. The quantitative estimate of drug-likeness (QED) is 0.542. The van der Waals surface area contributed by atoms with E-state index >= 15 is 0 Å². The maximum absolute atomic E-state index is 7.12. The lowest BCUT2D eigenvalue weighted by atomic mass is 10.4. The predicted molar refractivity (Wildman–Crippen MR) is 43.0 cm³/mol. The molecule has 0 bridgehead atoms. The smallest absolute Gasteiger partial charge is 0.430 e. The molecule has 10 heavy (non-hydrogen) atoms. The van der Waals surface area contributed by atoms with Gasteiger partial charge in [-0.15, -0.1) is 0 Å². The Morgan fingerprint density at radius 1 is 1.10 bits per heavy atom. The third-order valence-corrected chi connectivity index (χ3v) is 0.985. The van der Waals surface area contributed by atoms with Crippen LogP contribution in [0.1, 0.15) is 0 Å². The molecule has 0 saturated heterocycles. The Kier molecular flexibility index (Phi) is 6.28. The van der Waals surface area contributed by atoms with Gasteiger partial charge in [-0.2, -0.15) is 0 Å². The summed E-state index contributed by atoms with van der Waals surface area (Å²) in [6.45, 7) is 0. The summed E-state index contributed by atoms with van der Waals surface area (Å²) in [5.41, 5.74) is 0. The molecule has 0 spiro atoms. The van der Waals surface area contributed by atoms with Crippen LogP contribution in [0.15, 0.2) is 30.3 Å². The molecule has 0 aromatic heterocycles. The zero-order valence-corrected chi connectivity index (χ0v) is 6.12. The van der Waals surface area contributed by atoms with E-state index in [0.717, 1.165) is 5.02 Å². The molecule has 0 aliphatic rings. The number of rotatable bonds is 0. The highest BCUT2D eigenvalue weighted by Crippen LogP contribution is 2.03. The first kappa shape index (κ1) is 9.49. The van der Waals surface area contributed by atoms with Gasteiger partial charge in [0.25, 0.3) is 0 Å². The van der Waals surface area contributed by atoms with Crippen molar-refractivity contribution in [1.29, 1.82) is 0 Å². The Morgan fingerprint density at radius 3 is 1.70 bits per heavy atom. The minimum Gasteiger partial charge on any atom is -0.430 e. The van der Waals surface area contributed by atoms with Crippen molar-refractivity contribution in [1.82, 2.24) is 0 Å². The van der Waals surface area contributed by atoms with Gasteiger partial charge in [0.1, 0.15) is 0 Å². The van der Waals surface area contributed by atoms with E-state index in [9.17, 15) is 0 Å². The van der Waals surface area contributed by atoms with Crippen LogP contribution in [0.25, 0.3) is 0 Å². The van der Waals surface area contributed by atoms with Crippen molar-refractivity contribution >= 4 is 19.3 Å². The maximum atomic E-state index is 7.12. The van der Waals surface area contributed by atoms with Crippen molar-refractivity contribution in [3.05, 3.63) is 35.4 Å². The highest BCUT2D eigenvalue weighted by molar-refractivity contribution is 6.30. The standard InChI is InChI=1S/C6H5Cl.BH3O2/c7-6-4-2-1-3-5-6;2-1-3/h1-5H;1-3H. The average molecular weight is 158 g/mol. The summed E-state index contributed by atoms with van der Waals surface area (Å²) in [6.07, 6.45) is 0. The van der Waals surface area contributed by atoms with Gasteiger partial charge >= 0.3 is 7.69 Å². The van der Waals surface area contributed by atoms with Crippen LogP contribution >= 0.6 is 11.6 Å². The fourth-order valence-electron chi connectivity index (χ4n) is 0.415. The second-order valence-corrected chi connectivity index (χ2v) is 1.87. The third kappa shape index (κ3) is 5.63. The normalized spacial score (nSPS) is 7.50. The predicted octanol–water partition coefficient (Wildman–Crippen LogP) is 0.577. The SMILES string of the molecule is Clc1ccccc1.OBO. The molecule has 2 N–H and O–H groups in total. The van der Waals surface area contributed by atoms with Crippen LogP contribution in [0.3, 0.4) is 0 Å². The number of hydrogen-bond acceptors (Lipinski definition) is 2. The first-order chi connectivity index (χ1) is 4.81. The molecular weight excluding hydrogens is 150 g/mol. The minimum atomic E-state index is -0.750. The molecule has 0 atom stereocenters. The molecule has 0 aliphatic carbocycles. The van der Waals surface area contributed by atoms with Crippen LogP contribution < -0.4 is 0 Å². The molecular formula is C6H8BClO2. The number of benzene rings is 1. The summed E-state index contributed by atoms with van der Waals surface area (Å²) < 4.78 is 0. The first-order valence-electron chi connectivity index (χ1n) is 2.73. The van der Waals surface area contributed by atoms with Crippen LogP contribution in [0.4, 0.5) is 0 Å². The monoisotopic (exact) mass is 158 g/mol. The van der Waals surface area contributed by atoms with E-state index in [4.69, 9.17) is 21.6 Å². The van der Waals surface area contributed by atoms with Crippen molar-refractivity contribution in [2.45, 2.75) is 0 Å². The Balaban J connectivity index is 0.000000236. The fraction of sp³-hybridized carbons (Fsp3) is 0. The van der Waals surface area contributed by atoms with Crippen molar-refractivity contribution < 1.29 is 10.0 Å². The summed E-state index contributed by atoms with van der Waals surface area (Å²) in [5, 5.41) is 15.0. The van der Waals surface area contributed by atoms with E-state index < -0.39 is 7.69 Å². The van der Waals surface area contributed by atoms with Crippen molar-refractivity contribution in [3.63, 3.8) is 0 Å². The Bertz CT molecular complexity index is 157. The van der Waals surface area contributed by atoms with Gasteiger partial charge in [0.15, 0.2) is 0 Å². The second-order valence-electron chi connectivity index (χ2n) is 1.44. The molecule has 0 fully saturated rings. The Morgan fingerprint density at radius 2 is 1.50 bits per heavy atom. The lowest BCUT2D eigenvalue weighted by Gasteiger charge is -1.80. The lowest BCUT2D eigenvalue weighted by Crippen LogP contribution is -1.75. The molecule has 0 heterocycles. The van der Waals surface area contributed by atoms with Crippen molar-refractivity contribution in [2.24, 2.45) is 0 Å². The van der Waals surface area contributed by atoms with Gasteiger partial charge in [-0.1, -0.05) is 29.8 Å². The molecule has 1 rings (SSSR count). The zero-order valence-electron chi connectivity index (χ0n) is 5.37. The van der Waals surface area contributed by atoms with Crippen LogP contribution in [-0.4, -0.2) is 17.7 Å². The van der Waals surface area contributed by atoms with Gasteiger partial charge in [0, 0.05) is 5.02 Å². The molecule has 0 saturated carbocycles. The molecule has 1 aromatic carbocycles. The largest absolute Gasteiger partial charge is 0.432 e. The van der Waals surface area contributed by atoms with E-state index in [2.05, 4.69) is 0 Å². The summed E-state index contributed by atoms with van der Waals surface area (Å²) >= 11 is 5.54. The van der Waals surface area contributed by atoms with Crippen LogP contribution in [0.5, 0.6) is 0 Å². The van der Waals surface area contributed by atoms with Gasteiger partial charge in [-0.05, 0) is 12.1 Å². The van der Waals surface area contributed by atoms with Gasteiger partial charge in [0.2, 0.25) is 0 Å². The number of halogens is 1. The van der Waals surface area contributed by atoms with Crippen molar-refractivity contribution in [2.75, 3.05) is 0 Å². The lowest BCUT2D eigenvalue weighted by molar-refractivity contribution is 0.448. The summed E-state index contributed by atoms with van der Waals surface area (Å²) in [7, 11) is -0.750. The summed E-state index contributed by atoms with van der Waals surface area (Å²) in [5.74, 6) is 0. The third-order valence-electron chi connectivity index (χ3n) is 0.733. The number of hydrogen-bond donors (Lipinski definition) is 2. The maximum Gasteiger partial charge on any atom is 0.432 e. The van der Waals surface area contributed by atoms with Crippen molar-refractivity contribution in [3.8, 4) is 0 Å². The summed E-state index contributed by atoms with van der Waals surface area (Å²) in [6, 6.07) is 9.44. The van der Waals surface area contributed by atoms with E-state index in [1.807, 2.05) is 30.3 Å². The minimum absolute atomic E-state index is 0.750. The van der Waals surface area contributed by atoms with Gasteiger partial charge < -0.3 is 10.0 Å². The first-order valence-corrected chi connectivity index (χ1v) is 3.11. The van der Waals surface area contributed by atoms with E-state index in [1.54, 1.807) is 0 Å². The molecule has 0 unspecified atom stereocenters. The van der Waals surface area contributed by atoms with E-state index in [0.29, 0.717) is 0 Å². The zero-order chi connectivity index (χ0) is 7.82. The molecule has 1 aromatic rings. The van der Waals surface area contributed by atoms with Crippen LogP contribution in [0.2, 0.25) is 5.02 Å². The van der Waals surface area contributed by atoms with Crippen LogP contribution in [0, 0.1) is 0 Å². The summed E-state index contributed by atoms with van der Waals surface area (Å²) in [4.78, 5) is 0. The highest BCUT2D eigenvalue weighted by atomic mass is 35.5. The van der Waals surface area contributed by atoms with E-state index in [-0.39, 0.29) is 0 Å². The highest BCUT2D eigenvalue weighted by Gasteiger charge is 1.74. The van der Waals surface area contributed by atoms with Gasteiger partial charge in [-0.25, -0.2) is 0 Å².